The van der Waals surface area contributed by atoms with E-state index in [1.807, 2.05) is 4.90 Å². The maximum atomic E-state index is 13.8. The summed E-state index contributed by atoms with van der Waals surface area (Å²) in [5, 5.41) is 3.74. The van der Waals surface area contributed by atoms with Crippen molar-refractivity contribution < 1.29 is 13.9 Å². The Morgan fingerprint density at radius 1 is 1.45 bits per heavy atom. The number of hydrogen-bond donors (Lipinski definition) is 0. The molecule has 1 aliphatic rings. The van der Waals surface area contributed by atoms with E-state index in [4.69, 9.17) is 0 Å². The molecule has 1 atom stereocenters. The largest absolute Gasteiger partial charge is 0.462 e. The lowest BCUT2D eigenvalue weighted by Gasteiger charge is -2.28. The third kappa shape index (κ3) is 3.15. The standard InChI is InChI=1S/C13H18FN3O3/c1-2-20-13(19)12(14)17-11(18)8-10(9-15-17)16-6-4-3-5-7-16/h8-9,12H,2-7H2,1H3. The van der Waals surface area contributed by atoms with E-state index in [0.717, 1.165) is 25.9 Å². The maximum Gasteiger partial charge on any atom is 0.363 e. The van der Waals surface area contributed by atoms with Crippen LogP contribution in [0.3, 0.4) is 0 Å². The molecule has 2 rings (SSSR count). The van der Waals surface area contributed by atoms with Crippen LogP contribution in [0.15, 0.2) is 17.1 Å². The molecular formula is C13H18FN3O3. The maximum absolute atomic E-state index is 13.8. The van der Waals surface area contributed by atoms with Crippen molar-refractivity contribution in [1.29, 1.82) is 0 Å². The molecule has 0 amide bonds. The summed E-state index contributed by atoms with van der Waals surface area (Å²) in [6.07, 6.45) is 2.53. The molecule has 0 N–H and O–H groups in total. The molecule has 1 saturated heterocycles. The summed E-state index contributed by atoms with van der Waals surface area (Å²) in [4.78, 5) is 25.2. The normalized spacial score (nSPS) is 16.8. The van der Waals surface area contributed by atoms with Gasteiger partial charge in [0.2, 0.25) is 0 Å². The number of carbonyl (C=O) groups is 1. The highest BCUT2D eigenvalue weighted by atomic mass is 19.1. The number of carbonyl (C=O) groups excluding carboxylic acids is 1. The van der Waals surface area contributed by atoms with Crippen LogP contribution in [-0.2, 0) is 9.53 Å². The first-order valence-electron chi connectivity index (χ1n) is 6.78. The Hall–Kier alpha value is -1.92. The summed E-state index contributed by atoms with van der Waals surface area (Å²) < 4.78 is 18.8. The van der Waals surface area contributed by atoms with Gasteiger partial charge in [0, 0.05) is 19.2 Å². The first-order chi connectivity index (χ1) is 9.63. The Kier molecular flexibility index (Phi) is 4.70. The summed E-state index contributed by atoms with van der Waals surface area (Å²) in [5.74, 6) is -1.10. The zero-order valence-electron chi connectivity index (χ0n) is 11.4. The summed E-state index contributed by atoms with van der Waals surface area (Å²) >= 11 is 0. The second kappa shape index (κ2) is 6.49. The van der Waals surface area contributed by atoms with E-state index in [2.05, 4.69) is 9.84 Å². The molecule has 0 spiro atoms. The van der Waals surface area contributed by atoms with Gasteiger partial charge in [0.25, 0.3) is 11.9 Å². The van der Waals surface area contributed by atoms with Crippen LogP contribution < -0.4 is 10.5 Å². The van der Waals surface area contributed by atoms with Crippen molar-refractivity contribution >= 4 is 11.7 Å². The van der Waals surface area contributed by atoms with E-state index in [1.54, 1.807) is 6.92 Å². The molecule has 0 aliphatic carbocycles. The zero-order chi connectivity index (χ0) is 14.5. The second-order valence-electron chi connectivity index (χ2n) is 4.63. The molecule has 2 heterocycles. The molecule has 6 nitrogen and oxygen atoms in total. The van der Waals surface area contributed by atoms with E-state index in [-0.39, 0.29) is 6.61 Å². The number of alkyl halides is 1. The fourth-order valence-corrected chi connectivity index (χ4v) is 2.21. The molecule has 7 heteroatoms. The van der Waals surface area contributed by atoms with Crippen molar-refractivity contribution in [2.75, 3.05) is 24.6 Å². The molecule has 1 aliphatic heterocycles. The molecule has 110 valence electrons. The van der Waals surface area contributed by atoms with E-state index in [0.29, 0.717) is 10.4 Å². The summed E-state index contributed by atoms with van der Waals surface area (Å²) in [6.45, 7) is 3.35. The van der Waals surface area contributed by atoms with Gasteiger partial charge in [0.1, 0.15) is 0 Å². The molecule has 0 bridgehead atoms. The van der Waals surface area contributed by atoms with Crippen LogP contribution in [0.2, 0.25) is 0 Å². The van der Waals surface area contributed by atoms with Crippen LogP contribution in [0.5, 0.6) is 0 Å². The molecule has 0 radical (unpaired) electrons. The third-order valence-corrected chi connectivity index (χ3v) is 3.23. The van der Waals surface area contributed by atoms with Gasteiger partial charge in [-0.3, -0.25) is 4.79 Å². The fourth-order valence-electron chi connectivity index (χ4n) is 2.21. The molecule has 1 aromatic heterocycles. The first kappa shape index (κ1) is 14.5. The van der Waals surface area contributed by atoms with E-state index in [1.165, 1.54) is 18.7 Å². The minimum absolute atomic E-state index is 0.0554. The van der Waals surface area contributed by atoms with Crippen molar-refractivity contribution in [1.82, 2.24) is 9.78 Å². The highest BCUT2D eigenvalue weighted by molar-refractivity contribution is 5.72. The molecule has 0 aromatic carbocycles. The monoisotopic (exact) mass is 283 g/mol. The van der Waals surface area contributed by atoms with E-state index < -0.39 is 17.8 Å². The second-order valence-corrected chi connectivity index (χ2v) is 4.63. The van der Waals surface area contributed by atoms with E-state index in [9.17, 15) is 14.0 Å². The first-order valence-corrected chi connectivity index (χ1v) is 6.78. The quantitative estimate of drug-likeness (QED) is 0.778. The molecule has 1 fully saturated rings. The predicted molar refractivity (Wildman–Crippen MR) is 71.3 cm³/mol. The number of hydrogen-bond acceptors (Lipinski definition) is 5. The number of halogens is 1. The summed E-state index contributed by atoms with van der Waals surface area (Å²) in [6, 6.07) is 1.31. The van der Waals surface area contributed by atoms with Gasteiger partial charge < -0.3 is 9.64 Å². The Bertz CT molecular complexity index is 526. The molecule has 0 saturated carbocycles. The number of nitrogens with zero attached hydrogens (tertiary/aromatic N) is 3. The van der Waals surface area contributed by atoms with Gasteiger partial charge in [-0.1, -0.05) is 0 Å². The van der Waals surface area contributed by atoms with Crippen molar-refractivity contribution in [2.24, 2.45) is 0 Å². The SMILES string of the molecule is CCOC(=O)C(F)n1ncc(N2CCCCC2)cc1=O. The highest BCUT2D eigenvalue weighted by Gasteiger charge is 2.23. The Balaban J connectivity index is 2.17. The third-order valence-electron chi connectivity index (χ3n) is 3.23. The summed E-state index contributed by atoms with van der Waals surface area (Å²) in [7, 11) is 0. The molecular weight excluding hydrogens is 265 g/mol. The topological polar surface area (TPSA) is 64.4 Å². The molecule has 20 heavy (non-hydrogen) atoms. The van der Waals surface area contributed by atoms with Crippen LogP contribution in [-0.4, -0.2) is 35.4 Å². The lowest BCUT2D eigenvalue weighted by molar-refractivity contribution is -0.153. The average Bonchev–Trinajstić information content (AvgIpc) is 2.47. The number of esters is 1. The van der Waals surface area contributed by atoms with Crippen molar-refractivity contribution in [2.45, 2.75) is 32.5 Å². The zero-order valence-corrected chi connectivity index (χ0v) is 11.4. The lowest BCUT2D eigenvalue weighted by Crippen LogP contribution is -2.34. The van der Waals surface area contributed by atoms with Crippen LogP contribution in [0.25, 0.3) is 0 Å². The van der Waals surface area contributed by atoms with Crippen LogP contribution in [0.1, 0.15) is 32.5 Å². The number of aromatic nitrogens is 2. The minimum atomic E-state index is -2.20. The fraction of sp³-hybridized carbons (Fsp3) is 0.615. The van der Waals surface area contributed by atoms with Gasteiger partial charge in [-0.25, -0.2) is 9.18 Å². The van der Waals surface area contributed by atoms with Crippen molar-refractivity contribution in [3.63, 3.8) is 0 Å². The van der Waals surface area contributed by atoms with Crippen LogP contribution >= 0.6 is 0 Å². The highest BCUT2D eigenvalue weighted by Crippen LogP contribution is 2.17. The molecule has 1 aromatic rings. The van der Waals surface area contributed by atoms with Crippen molar-refractivity contribution in [3.05, 3.63) is 22.6 Å². The van der Waals surface area contributed by atoms with Gasteiger partial charge >= 0.3 is 5.97 Å². The minimum Gasteiger partial charge on any atom is -0.462 e. The Morgan fingerprint density at radius 2 is 2.15 bits per heavy atom. The Labute approximate surface area is 116 Å². The average molecular weight is 283 g/mol. The van der Waals surface area contributed by atoms with E-state index >= 15 is 0 Å². The van der Waals surface area contributed by atoms with Gasteiger partial charge in [0.15, 0.2) is 0 Å². The number of ether oxygens (including phenoxy) is 1. The predicted octanol–water partition coefficient (Wildman–Crippen LogP) is 1.26. The van der Waals surface area contributed by atoms with Gasteiger partial charge in [-0.15, -0.1) is 0 Å². The van der Waals surface area contributed by atoms with Gasteiger partial charge in [-0.05, 0) is 26.2 Å². The molecule has 1 unspecified atom stereocenters. The number of piperidine rings is 1. The number of rotatable bonds is 4. The van der Waals surface area contributed by atoms with Gasteiger partial charge in [-0.2, -0.15) is 9.78 Å². The van der Waals surface area contributed by atoms with Crippen molar-refractivity contribution in [3.8, 4) is 0 Å². The van der Waals surface area contributed by atoms with Crippen LogP contribution in [0, 0.1) is 0 Å². The lowest BCUT2D eigenvalue weighted by atomic mass is 10.1. The Morgan fingerprint density at radius 3 is 2.75 bits per heavy atom. The van der Waals surface area contributed by atoms with Gasteiger partial charge in [0.05, 0.1) is 18.5 Å². The smallest absolute Gasteiger partial charge is 0.363 e. The number of anilines is 1. The summed E-state index contributed by atoms with van der Waals surface area (Å²) in [5.41, 5.74) is 0.0237. The van der Waals surface area contributed by atoms with Crippen LogP contribution in [0.4, 0.5) is 10.1 Å².